The quantitative estimate of drug-likeness (QED) is 0.708. The van der Waals surface area contributed by atoms with Gasteiger partial charge in [0.05, 0.1) is 5.52 Å². The summed E-state index contributed by atoms with van der Waals surface area (Å²) in [5, 5.41) is 0. The summed E-state index contributed by atoms with van der Waals surface area (Å²) < 4.78 is 1.94. The van der Waals surface area contributed by atoms with E-state index in [9.17, 15) is 4.79 Å². The van der Waals surface area contributed by atoms with Crippen LogP contribution in [0.3, 0.4) is 0 Å². The Morgan fingerprint density at radius 1 is 1.50 bits per heavy atom. The summed E-state index contributed by atoms with van der Waals surface area (Å²) in [6.45, 7) is 0. The third-order valence-corrected chi connectivity index (χ3v) is 2.16. The Labute approximate surface area is 81.0 Å². The van der Waals surface area contributed by atoms with Crippen LogP contribution in [0.15, 0.2) is 17.1 Å². The molecule has 5 nitrogen and oxygen atoms in total. The van der Waals surface area contributed by atoms with Gasteiger partial charge in [0.25, 0.3) is 0 Å². The lowest BCUT2D eigenvalue weighted by atomic mass is 10.4. The lowest BCUT2D eigenvalue weighted by Crippen LogP contribution is -2.19. The Kier molecular flexibility index (Phi) is 1.80. The Morgan fingerprint density at radius 3 is 2.86 bits per heavy atom. The molecule has 5 heteroatoms. The number of aryl methyl sites for hydroxylation is 1. The van der Waals surface area contributed by atoms with Gasteiger partial charge in [0.2, 0.25) is 0 Å². The summed E-state index contributed by atoms with van der Waals surface area (Å²) in [4.78, 5) is 19.7. The van der Waals surface area contributed by atoms with E-state index in [2.05, 4.69) is 9.97 Å². The van der Waals surface area contributed by atoms with Crippen LogP contribution in [0.4, 0.5) is 5.82 Å². The van der Waals surface area contributed by atoms with E-state index in [4.69, 9.17) is 0 Å². The Bertz CT molecular complexity index is 523. The SMILES string of the molecule is CN(C)c1nc(=O)[nH]c2ccn(C)c12. The molecule has 0 bridgehead atoms. The zero-order valence-corrected chi connectivity index (χ0v) is 8.40. The molecule has 0 saturated carbocycles. The van der Waals surface area contributed by atoms with Crippen molar-refractivity contribution >= 4 is 16.9 Å². The molecule has 2 aromatic heterocycles. The second-order valence-corrected chi connectivity index (χ2v) is 3.45. The number of aromatic amines is 1. The minimum absolute atomic E-state index is 0.313. The molecule has 0 saturated heterocycles. The summed E-state index contributed by atoms with van der Waals surface area (Å²) in [6.07, 6.45) is 1.90. The van der Waals surface area contributed by atoms with E-state index in [0.717, 1.165) is 11.0 Å². The minimum atomic E-state index is -0.313. The molecule has 0 spiro atoms. The van der Waals surface area contributed by atoms with Gasteiger partial charge in [0.1, 0.15) is 5.52 Å². The number of H-pyrrole nitrogens is 1. The standard InChI is InChI=1S/C9H12N4O/c1-12(2)8-7-6(4-5-13(7)3)10-9(14)11-8/h4-5H,1-3H3,(H,10,11,14). The number of anilines is 1. The fraction of sp³-hybridized carbons (Fsp3) is 0.333. The molecule has 0 fully saturated rings. The van der Waals surface area contributed by atoms with Crippen LogP contribution in [-0.4, -0.2) is 28.6 Å². The molecule has 0 aliphatic carbocycles. The Morgan fingerprint density at radius 2 is 2.21 bits per heavy atom. The molecule has 2 rings (SSSR count). The van der Waals surface area contributed by atoms with Gasteiger partial charge >= 0.3 is 5.69 Å². The maximum absolute atomic E-state index is 11.2. The van der Waals surface area contributed by atoms with Gasteiger partial charge in [-0.2, -0.15) is 4.98 Å². The topological polar surface area (TPSA) is 53.9 Å². The fourth-order valence-corrected chi connectivity index (χ4v) is 1.51. The van der Waals surface area contributed by atoms with Crippen LogP contribution in [-0.2, 0) is 7.05 Å². The van der Waals surface area contributed by atoms with Crippen molar-refractivity contribution in [2.75, 3.05) is 19.0 Å². The Balaban J connectivity index is 2.90. The van der Waals surface area contributed by atoms with E-state index >= 15 is 0 Å². The van der Waals surface area contributed by atoms with Gasteiger partial charge < -0.3 is 14.5 Å². The molecule has 1 N–H and O–H groups in total. The number of hydrogen-bond donors (Lipinski definition) is 1. The number of nitrogens with one attached hydrogen (secondary N) is 1. The lowest BCUT2D eigenvalue weighted by molar-refractivity contribution is 0.941. The van der Waals surface area contributed by atoms with Crippen molar-refractivity contribution in [1.82, 2.24) is 14.5 Å². The summed E-state index contributed by atoms with van der Waals surface area (Å²) in [7, 11) is 5.66. The predicted molar refractivity (Wildman–Crippen MR) is 55.7 cm³/mol. The van der Waals surface area contributed by atoms with Crippen LogP contribution in [0.25, 0.3) is 11.0 Å². The molecule has 2 heterocycles. The Hall–Kier alpha value is -1.78. The summed E-state index contributed by atoms with van der Waals surface area (Å²) in [5.41, 5.74) is 1.44. The van der Waals surface area contributed by atoms with Gasteiger partial charge in [0, 0.05) is 27.3 Å². The maximum atomic E-state index is 11.2. The van der Waals surface area contributed by atoms with Crippen molar-refractivity contribution < 1.29 is 0 Å². The van der Waals surface area contributed by atoms with Gasteiger partial charge in [-0.1, -0.05) is 0 Å². The number of nitrogens with zero attached hydrogens (tertiary/aromatic N) is 3. The van der Waals surface area contributed by atoms with Crippen molar-refractivity contribution in [3.63, 3.8) is 0 Å². The molecular formula is C9H12N4O. The summed E-state index contributed by atoms with van der Waals surface area (Å²) in [6, 6.07) is 1.87. The summed E-state index contributed by atoms with van der Waals surface area (Å²) >= 11 is 0. The second-order valence-electron chi connectivity index (χ2n) is 3.45. The van der Waals surface area contributed by atoms with Crippen molar-refractivity contribution in [2.24, 2.45) is 7.05 Å². The highest BCUT2D eigenvalue weighted by molar-refractivity contribution is 5.86. The van der Waals surface area contributed by atoms with Crippen molar-refractivity contribution in [2.45, 2.75) is 0 Å². The monoisotopic (exact) mass is 192 g/mol. The van der Waals surface area contributed by atoms with Gasteiger partial charge in [-0.05, 0) is 6.07 Å². The van der Waals surface area contributed by atoms with E-state index in [1.165, 1.54) is 0 Å². The predicted octanol–water partition coefficient (Wildman–Crippen LogP) is 0.328. The fourth-order valence-electron chi connectivity index (χ4n) is 1.51. The third-order valence-electron chi connectivity index (χ3n) is 2.16. The highest BCUT2D eigenvalue weighted by Crippen LogP contribution is 2.19. The van der Waals surface area contributed by atoms with Crippen LogP contribution < -0.4 is 10.6 Å². The highest BCUT2D eigenvalue weighted by Gasteiger charge is 2.09. The van der Waals surface area contributed by atoms with Crippen LogP contribution in [0.5, 0.6) is 0 Å². The van der Waals surface area contributed by atoms with E-state index in [-0.39, 0.29) is 5.69 Å². The molecule has 0 aliphatic heterocycles. The third kappa shape index (κ3) is 1.17. The first-order valence-electron chi connectivity index (χ1n) is 4.32. The highest BCUT2D eigenvalue weighted by atomic mass is 16.1. The van der Waals surface area contributed by atoms with E-state index < -0.39 is 0 Å². The van der Waals surface area contributed by atoms with Gasteiger partial charge in [-0.15, -0.1) is 0 Å². The number of rotatable bonds is 1. The minimum Gasteiger partial charge on any atom is -0.361 e. The average Bonchev–Trinajstić information content (AvgIpc) is 2.46. The lowest BCUT2D eigenvalue weighted by Gasteiger charge is -2.12. The molecule has 14 heavy (non-hydrogen) atoms. The molecule has 0 aliphatic rings. The van der Waals surface area contributed by atoms with Crippen LogP contribution in [0.2, 0.25) is 0 Å². The average molecular weight is 192 g/mol. The number of hydrogen-bond acceptors (Lipinski definition) is 3. The summed E-state index contributed by atoms with van der Waals surface area (Å²) in [5.74, 6) is 0.691. The molecular weight excluding hydrogens is 180 g/mol. The van der Waals surface area contributed by atoms with Crippen molar-refractivity contribution in [1.29, 1.82) is 0 Å². The second kappa shape index (κ2) is 2.87. The largest absolute Gasteiger partial charge is 0.361 e. The van der Waals surface area contributed by atoms with E-state index in [1.54, 1.807) is 0 Å². The molecule has 74 valence electrons. The van der Waals surface area contributed by atoms with Gasteiger partial charge in [-0.3, -0.25) is 0 Å². The normalized spacial score (nSPS) is 10.8. The van der Waals surface area contributed by atoms with Crippen molar-refractivity contribution in [3.05, 3.63) is 22.7 Å². The molecule has 0 atom stereocenters. The zero-order chi connectivity index (χ0) is 10.3. The smallest absolute Gasteiger partial charge is 0.347 e. The molecule has 0 amide bonds. The molecule has 0 unspecified atom stereocenters. The molecule has 0 aromatic carbocycles. The van der Waals surface area contributed by atoms with E-state index in [0.29, 0.717) is 5.82 Å². The first-order chi connectivity index (χ1) is 6.59. The first-order valence-corrected chi connectivity index (χ1v) is 4.32. The van der Waals surface area contributed by atoms with Crippen molar-refractivity contribution in [3.8, 4) is 0 Å². The van der Waals surface area contributed by atoms with Crippen LogP contribution in [0.1, 0.15) is 0 Å². The first kappa shape index (κ1) is 8.80. The van der Waals surface area contributed by atoms with E-state index in [1.807, 2.05) is 42.9 Å². The van der Waals surface area contributed by atoms with Gasteiger partial charge in [-0.25, -0.2) is 4.79 Å². The maximum Gasteiger partial charge on any atom is 0.347 e. The van der Waals surface area contributed by atoms with Crippen LogP contribution >= 0.6 is 0 Å². The van der Waals surface area contributed by atoms with Gasteiger partial charge in [0.15, 0.2) is 5.82 Å². The van der Waals surface area contributed by atoms with Crippen LogP contribution in [0, 0.1) is 0 Å². The molecule has 2 aromatic rings. The molecule has 0 radical (unpaired) electrons. The number of aromatic nitrogens is 3. The zero-order valence-electron chi connectivity index (χ0n) is 8.40. The number of fused-ring (bicyclic) bond motifs is 1.